The second-order valence-electron chi connectivity index (χ2n) is 5.32. The Morgan fingerprint density at radius 2 is 1.64 bits per heavy atom. The van der Waals surface area contributed by atoms with Gasteiger partial charge in [0.15, 0.2) is 5.84 Å². The highest BCUT2D eigenvalue weighted by Crippen LogP contribution is 2.50. The number of nitrogens with one attached hydrogen (secondary N) is 1. The Kier molecular flexibility index (Phi) is 3.77. The van der Waals surface area contributed by atoms with Crippen molar-refractivity contribution in [2.24, 2.45) is 5.10 Å². The summed E-state index contributed by atoms with van der Waals surface area (Å²) in [5, 5.41) is 5.25. The molecule has 0 bridgehead atoms. The summed E-state index contributed by atoms with van der Waals surface area (Å²) in [7, 11) is 0.587. The molecule has 1 unspecified atom stereocenters. The van der Waals surface area contributed by atoms with Gasteiger partial charge in [0.25, 0.3) is 0 Å². The van der Waals surface area contributed by atoms with Crippen LogP contribution < -0.4 is 10.7 Å². The maximum Gasteiger partial charge on any atom is 0.300 e. The molecule has 2 aromatic carbocycles. The van der Waals surface area contributed by atoms with Gasteiger partial charge >= 0.3 is 7.44 Å². The van der Waals surface area contributed by atoms with Crippen LogP contribution in [0.4, 0.5) is 0 Å². The van der Waals surface area contributed by atoms with Crippen molar-refractivity contribution in [3.8, 4) is 0 Å². The molecule has 1 atom stereocenters. The molecule has 2 aromatic rings. The van der Waals surface area contributed by atoms with Gasteiger partial charge in [0.05, 0.1) is 0 Å². The van der Waals surface area contributed by atoms with Crippen LogP contribution in [0.25, 0.3) is 0 Å². The largest absolute Gasteiger partial charge is 0.300 e. The minimum absolute atomic E-state index is 0.687. The molecule has 0 saturated carbocycles. The first-order valence-corrected chi connectivity index (χ1v) is 8.69. The Hall–Kier alpha value is -2.10. The van der Waals surface area contributed by atoms with Crippen LogP contribution in [0, 0.1) is 6.92 Å². The molecule has 1 N–H and O–H groups in total. The van der Waals surface area contributed by atoms with Crippen LogP contribution in [0.2, 0.25) is 0 Å². The lowest BCUT2D eigenvalue weighted by Gasteiger charge is -2.38. The van der Waals surface area contributed by atoms with Gasteiger partial charge < -0.3 is 0 Å². The molecule has 0 spiro atoms. The summed E-state index contributed by atoms with van der Waals surface area (Å²) in [5.74, 6) is 0.687. The van der Waals surface area contributed by atoms with Crippen molar-refractivity contribution in [1.82, 2.24) is 15.0 Å². The molecule has 0 amide bonds. The van der Waals surface area contributed by atoms with Crippen molar-refractivity contribution < 1.29 is 4.57 Å². The van der Waals surface area contributed by atoms with E-state index >= 15 is 0 Å². The third kappa shape index (κ3) is 2.43. The van der Waals surface area contributed by atoms with Gasteiger partial charge in [-0.2, -0.15) is 5.10 Å². The standard InChI is InChI=1S/C16H19N4OP/c1-13-9-11-14(12-10-13)16-17-19(2)22(21,20(3)18-16)15-7-5-4-6-8-15/h4-12H,1-3H3,(H,17,18). The van der Waals surface area contributed by atoms with E-state index < -0.39 is 7.44 Å². The van der Waals surface area contributed by atoms with Gasteiger partial charge in [0.1, 0.15) is 0 Å². The molecule has 0 radical (unpaired) electrons. The van der Waals surface area contributed by atoms with Gasteiger partial charge in [-0.15, -0.1) is 4.78 Å². The lowest BCUT2D eigenvalue weighted by atomic mass is 10.1. The van der Waals surface area contributed by atoms with E-state index in [2.05, 4.69) is 10.5 Å². The summed E-state index contributed by atoms with van der Waals surface area (Å²) in [4.78, 5) is 0. The number of hydrogen-bond acceptors (Lipinski definition) is 3. The average Bonchev–Trinajstić information content (AvgIpc) is 2.53. The first-order valence-electron chi connectivity index (χ1n) is 7.08. The van der Waals surface area contributed by atoms with Crippen molar-refractivity contribution in [2.75, 3.05) is 14.1 Å². The summed E-state index contributed by atoms with van der Waals surface area (Å²) in [6.45, 7) is 2.04. The third-order valence-electron chi connectivity index (χ3n) is 3.73. The van der Waals surface area contributed by atoms with Crippen LogP contribution in [0.5, 0.6) is 0 Å². The molecule has 5 nitrogen and oxygen atoms in total. The Bertz CT molecular complexity index is 743. The van der Waals surface area contributed by atoms with Gasteiger partial charge in [0, 0.05) is 25.0 Å². The second kappa shape index (κ2) is 5.59. The number of aryl methyl sites for hydroxylation is 1. The molecule has 22 heavy (non-hydrogen) atoms. The number of rotatable bonds is 2. The summed E-state index contributed by atoms with van der Waals surface area (Å²) >= 11 is 0. The minimum Gasteiger partial charge on any atom is -0.294 e. The molecule has 1 aliphatic rings. The first kappa shape index (κ1) is 14.8. The zero-order chi connectivity index (χ0) is 15.7. The highest BCUT2D eigenvalue weighted by molar-refractivity contribution is 7.67. The predicted octanol–water partition coefficient (Wildman–Crippen LogP) is 2.56. The van der Waals surface area contributed by atoms with E-state index in [1.54, 1.807) is 23.7 Å². The van der Waals surface area contributed by atoms with Gasteiger partial charge in [-0.1, -0.05) is 48.0 Å². The molecule has 1 aliphatic heterocycles. The Labute approximate surface area is 130 Å². The molecule has 1 heterocycles. The Morgan fingerprint density at radius 1 is 1.00 bits per heavy atom. The fraction of sp³-hybridized carbons (Fsp3) is 0.188. The van der Waals surface area contributed by atoms with Crippen molar-refractivity contribution in [3.05, 3.63) is 65.7 Å². The second-order valence-corrected chi connectivity index (χ2v) is 8.10. The zero-order valence-corrected chi connectivity index (χ0v) is 13.8. The number of benzene rings is 2. The van der Waals surface area contributed by atoms with E-state index in [0.717, 1.165) is 10.9 Å². The number of hydrazone groups is 1. The smallest absolute Gasteiger partial charge is 0.294 e. The van der Waals surface area contributed by atoms with E-state index in [0.29, 0.717) is 5.84 Å². The van der Waals surface area contributed by atoms with E-state index in [4.69, 9.17) is 0 Å². The normalized spacial score (nSPS) is 22.1. The number of hydrogen-bond donors (Lipinski definition) is 1. The van der Waals surface area contributed by atoms with Gasteiger partial charge in [-0.25, -0.2) is 4.78 Å². The van der Waals surface area contributed by atoms with E-state index in [1.807, 2.05) is 61.5 Å². The third-order valence-corrected chi connectivity index (χ3v) is 6.49. The van der Waals surface area contributed by atoms with E-state index in [-0.39, 0.29) is 0 Å². The minimum atomic E-state index is -2.95. The lowest BCUT2D eigenvalue weighted by molar-refractivity contribution is 0.360. The van der Waals surface area contributed by atoms with Crippen molar-refractivity contribution in [2.45, 2.75) is 6.92 Å². The Morgan fingerprint density at radius 3 is 2.23 bits per heavy atom. The number of nitrogens with zero attached hydrogens (tertiary/aromatic N) is 3. The maximum absolute atomic E-state index is 13.4. The summed E-state index contributed by atoms with van der Waals surface area (Å²) in [6, 6.07) is 17.5. The lowest BCUT2D eigenvalue weighted by Crippen LogP contribution is -2.47. The molecular formula is C16H19N4OP. The highest BCUT2D eigenvalue weighted by atomic mass is 31.2. The van der Waals surface area contributed by atoms with Gasteiger partial charge in [-0.05, 0) is 19.1 Å². The van der Waals surface area contributed by atoms with Crippen LogP contribution in [0.15, 0.2) is 59.7 Å². The van der Waals surface area contributed by atoms with Crippen molar-refractivity contribution >= 4 is 18.6 Å². The van der Waals surface area contributed by atoms with Crippen LogP contribution in [0.3, 0.4) is 0 Å². The topological polar surface area (TPSA) is 47.9 Å². The molecule has 6 heteroatoms. The van der Waals surface area contributed by atoms with Crippen LogP contribution in [-0.4, -0.2) is 29.5 Å². The predicted molar refractivity (Wildman–Crippen MR) is 90.1 cm³/mol. The van der Waals surface area contributed by atoms with Crippen molar-refractivity contribution in [3.63, 3.8) is 0 Å². The molecule has 0 saturated heterocycles. The average molecular weight is 314 g/mol. The zero-order valence-electron chi connectivity index (χ0n) is 12.9. The first-order chi connectivity index (χ1) is 10.5. The molecule has 0 aliphatic carbocycles. The fourth-order valence-corrected chi connectivity index (χ4v) is 4.51. The fourth-order valence-electron chi connectivity index (χ4n) is 2.44. The van der Waals surface area contributed by atoms with Gasteiger partial charge in [-0.3, -0.25) is 9.99 Å². The molecule has 114 valence electrons. The van der Waals surface area contributed by atoms with Crippen LogP contribution >= 0.6 is 7.44 Å². The Balaban J connectivity index is 2.00. The molecular weight excluding hydrogens is 295 g/mol. The SMILES string of the molecule is Cc1ccc(C2=NN(C)P(=O)(c3ccccc3)N(C)N2)cc1. The van der Waals surface area contributed by atoms with E-state index in [1.165, 1.54) is 5.56 Å². The van der Waals surface area contributed by atoms with Gasteiger partial charge in [0.2, 0.25) is 0 Å². The number of hydrazine groups is 1. The van der Waals surface area contributed by atoms with Crippen LogP contribution in [-0.2, 0) is 4.57 Å². The quantitative estimate of drug-likeness (QED) is 0.866. The maximum atomic E-state index is 13.4. The summed E-state index contributed by atoms with van der Waals surface area (Å²) in [6.07, 6.45) is 0. The molecule has 0 aromatic heterocycles. The number of amidine groups is 1. The van der Waals surface area contributed by atoms with Crippen LogP contribution in [0.1, 0.15) is 11.1 Å². The summed E-state index contributed by atoms with van der Waals surface area (Å²) < 4.78 is 16.6. The van der Waals surface area contributed by atoms with E-state index in [9.17, 15) is 4.57 Å². The highest BCUT2D eigenvalue weighted by Gasteiger charge is 2.38. The summed E-state index contributed by atoms with van der Waals surface area (Å²) in [5.41, 5.74) is 5.30. The van der Waals surface area contributed by atoms with Crippen molar-refractivity contribution in [1.29, 1.82) is 0 Å². The molecule has 0 fully saturated rings. The monoisotopic (exact) mass is 314 g/mol. The molecule has 3 rings (SSSR count).